The van der Waals surface area contributed by atoms with Gasteiger partial charge in [-0.1, -0.05) is 12.1 Å². The third-order valence-corrected chi connectivity index (χ3v) is 3.39. The van der Waals surface area contributed by atoms with Crippen molar-refractivity contribution in [2.45, 2.75) is 13.3 Å². The van der Waals surface area contributed by atoms with E-state index in [-0.39, 0.29) is 11.5 Å². The Balaban J connectivity index is 2.32. The summed E-state index contributed by atoms with van der Waals surface area (Å²) in [5, 5.41) is 7.63. The first kappa shape index (κ1) is 10.0. The second-order valence-corrected chi connectivity index (χ2v) is 4.43. The van der Waals surface area contributed by atoms with Crippen LogP contribution in [0.2, 0.25) is 0 Å². The van der Waals surface area contributed by atoms with Gasteiger partial charge in [-0.2, -0.15) is 0 Å². The highest BCUT2D eigenvalue weighted by Crippen LogP contribution is 2.44. The fraction of sp³-hybridized carbons (Fsp3) is 0.143. The van der Waals surface area contributed by atoms with Gasteiger partial charge in [-0.25, -0.2) is 0 Å². The standard InChI is InChI=1S/C14H12N2O/c1-7-11-6-8(15)2-3-9(11)10-4-5-12(16)14(17)13(7)10/h2-4,6,16H,5,15H2,1H3. The van der Waals surface area contributed by atoms with Crippen molar-refractivity contribution >= 4 is 28.3 Å². The number of fused-ring (bicyclic) bond motifs is 3. The van der Waals surface area contributed by atoms with E-state index in [4.69, 9.17) is 11.1 Å². The molecule has 2 aliphatic rings. The van der Waals surface area contributed by atoms with Crippen molar-refractivity contribution < 1.29 is 4.79 Å². The topological polar surface area (TPSA) is 66.9 Å². The molecule has 3 N–H and O–H groups in total. The third kappa shape index (κ3) is 1.22. The number of hydrogen-bond donors (Lipinski definition) is 2. The minimum Gasteiger partial charge on any atom is -0.399 e. The number of anilines is 1. The van der Waals surface area contributed by atoms with Crippen molar-refractivity contribution in [2.75, 3.05) is 5.73 Å². The first-order chi connectivity index (χ1) is 8.09. The smallest absolute Gasteiger partial charge is 0.207 e. The number of nitrogens with two attached hydrogens (primary N) is 1. The third-order valence-electron chi connectivity index (χ3n) is 3.39. The number of Topliss-reactive ketones (excluding diaryl/α,β-unsaturated/α-hetero) is 1. The molecule has 1 aromatic carbocycles. The predicted molar refractivity (Wildman–Crippen MR) is 68.8 cm³/mol. The fourth-order valence-electron chi connectivity index (χ4n) is 2.53. The molecule has 0 aliphatic heterocycles. The van der Waals surface area contributed by atoms with E-state index in [0.29, 0.717) is 17.7 Å². The van der Waals surface area contributed by atoms with Gasteiger partial charge in [0, 0.05) is 17.7 Å². The van der Waals surface area contributed by atoms with Crippen LogP contribution in [0.4, 0.5) is 5.69 Å². The van der Waals surface area contributed by atoms with Crippen molar-refractivity contribution in [3.8, 4) is 0 Å². The van der Waals surface area contributed by atoms with Crippen LogP contribution in [0.1, 0.15) is 24.5 Å². The number of benzene rings is 1. The van der Waals surface area contributed by atoms with Gasteiger partial charge in [0.05, 0.1) is 5.71 Å². The van der Waals surface area contributed by atoms with Crippen LogP contribution >= 0.6 is 0 Å². The van der Waals surface area contributed by atoms with Crippen LogP contribution in [-0.4, -0.2) is 11.5 Å². The van der Waals surface area contributed by atoms with Gasteiger partial charge in [-0.3, -0.25) is 4.79 Å². The van der Waals surface area contributed by atoms with E-state index in [1.54, 1.807) is 0 Å². The van der Waals surface area contributed by atoms with Gasteiger partial charge >= 0.3 is 0 Å². The molecule has 2 aliphatic carbocycles. The zero-order valence-electron chi connectivity index (χ0n) is 9.50. The first-order valence-electron chi connectivity index (χ1n) is 5.53. The van der Waals surface area contributed by atoms with Gasteiger partial charge in [-0.15, -0.1) is 0 Å². The summed E-state index contributed by atoms with van der Waals surface area (Å²) < 4.78 is 0. The van der Waals surface area contributed by atoms with Crippen LogP contribution in [0.3, 0.4) is 0 Å². The SMILES string of the molecule is CC1=C2C(=O)C(=N)CC=C2c2ccc(N)cc21. The maximum absolute atomic E-state index is 12.0. The van der Waals surface area contributed by atoms with Crippen molar-refractivity contribution in [3.05, 3.63) is 41.0 Å². The van der Waals surface area contributed by atoms with Crippen LogP contribution in [0.15, 0.2) is 29.8 Å². The number of hydrogen-bond acceptors (Lipinski definition) is 3. The molecule has 0 aromatic heterocycles. The Morgan fingerprint density at radius 3 is 2.82 bits per heavy atom. The summed E-state index contributed by atoms with van der Waals surface area (Å²) in [6.07, 6.45) is 2.39. The Labute approximate surface area is 99.1 Å². The number of ketones is 1. The van der Waals surface area contributed by atoms with Gasteiger partial charge in [-0.05, 0) is 41.3 Å². The Hall–Kier alpha value is -2.16. The lowest BCUT2D eigenvalue weighted by atomic mass is 9.90. The molecular formula is C14H12N2O. The summed E-state index contributed by atoms with van der Waals surface area (Å²) in [6, 6.07) is 5.70. The highest BCUT2D eigenvalue weighted by molar-refractivity contribution is 6.52. The Morgan fingerprint density at radius 2 is 2.06 bits per heavy atom. The number of carbonyl (C=O) groups is 1. The Bertz CT molecular complexity index is 636. The summed E-state index contributed by atoms with van der Waals surface area (Å²) in [6.45, 7) is 1.92. The molecule has 0 saturated heterocycles. The molecule has 0 fully saturated rings. The van der Waals surface area contributed by atoms with Gasteiger partial charge < -0.3 is 11.1 Å². The van der Waals surface area contributed by atoms with Crippen LogP contribution in [0, 0.1) is 5.41 Å². The molecule has 17 heavy (non-hydrogen) atoms. The molecule has 84 valence electrons. The van der Waals surface area contributed by atoms with Crippen LogP contribution in [0.25, 0.3) is 11.1 Å². The molecule has 0 bridgehead atoms. The second-order valence-electron chi connectivity index (χ2n) is 4.43. The monoisotopic (exact) mass is 224 g/mol. The molecule has 0 radical (unpaired) electrons. The minimum atomic E-state index is -0.144. The average molecular weight is 224 g/mol. The molecule has 0 heterocycles. The van der Waals surface area contributed by atoms with E-state index in [1.165, 1.54) is 0 Å². The highest BCUT2D eigenvalue weighted by Gasteiger charge is 2.32. The van der Waals surface area contributed by atoms with Crippen molar-refractivity contribution in [1.29, 1.82) is 5.41 Å². The largest absolute Gasteiger partial charge is 0.399 e. The van der Waals surface area contributed by atoms with Crippen LogP contribution < -0.4 is 5.73 Å². The van der Waals surface area contributed by atoms with E-state index >= 15 is 0 Å². The molecule has 0 atom stereocenters. The summed E-state index contributed by atoms with van der Waals surface area (Å²) >= 11 is 0. The van der Waals surface area contributed by atoms with Crippen LogP contribution in [0.5, 0.6) is 0 Å². The van der Waals surface area contributed by atoms with Gasteiger partial charge in [0.2, 0.25) is 5.78 Å². The fourth-order valence-corrected chi connectivity index (χ4v) is 2.53. The van der Waals surface area contributed by atoms with E-state index in [0.717, 1.165) is 22.3 Å². The average Bonchev–Trinajstić information content (AvgIpc) is 2.58. The zero-order chi connectivity index (χ0) is 12.2. The van der Waals surface area contributed by atoms with Gasteiger partial charge in [0.1, 0.15) is 0 Å². The lowest BCUT2D eigenvalue weighted by Gasteiger charge is -2.12. The minimum absolute atomic E-state index is 0.144. The molecule has 0 saturated carbocycles. The lowest BCUT2D eigenvalue weighted by Crippen LogP contribution is -2.18. The number of allylic oxidation sites excluding steroid dienone is 4. The van der Waals surface area contributed by atoms with Crippen LogP contribution in [-0.2, 0) is 4.79 Å². The number of nitrogen functional groups attached to an aromatic ring is 1. The molecule has 0 amide bonds. The molecule has 0 spiro atoms. The van der Waals surface area contributed by atoms with Crippen molar-refractivity contribution in [2.24, 2.45) is 0 Å². The molecular weight excluding hydrogens is 212 g/mol. The predicted octanol–water partition coefficient (Wildman–Crippen LogP) is 2.43. The highest BCUT2D eigenvalue weighted by atomic mass is 16.1. The summed E-state index contributed by atoms with van der Waals surface area (Å²) in [5.41, 5.74) is 11.3. The van der Waals surface area contributed by atoms with E-state index in [9.17, 15) is 4.79 Å². The van der Waals surface area contributed by atoms with E-state index in [2.05, 4.69) is 0 Å². The Morgan fingerprint density at radius 1 is 1.29 bits per heavy atom. The molecule has 0 unspecified atom stereocenters. The number of carbonyl (C=O) groups excluding carboxylic acids is 1. The maximum Gasteiger partial charge on any atom is 0.207 e. The van der Waals surface area contributed by atoms with E-state index in [1.807, 2.05) is 31.2 Å². The quantitative estimate of drug-likeness (QED) is 0.664. The maximum atomic E-state index is 12.0. The van der Waals surface area contributed by atoms with Crippen molar-refractivity contribution in [3.63, 3.8) is 0 Å². The molecule has 1 aromatic rings. The molecule has 3 heteroatoms. The summed E-state index contributed by atoms with van der Waals surface area (Å²) in [5.74, 6) is -0.144. The first-order valence-corrected chi connectivity index (χ1v) is 5.53. The zero-order valence-corrected chi connectivity index (χ0v) is 9.50. The molecule has 3 nitrogen and oxygen atoms in total. The van der Waals surface area contributed by atoms with E-state index < -0.39 is 0 Å². The second kappa shape index (κ2) is 3.17. The number of rotatable bonds is 0. The van der Waals surface area contributed by atoms with Gasteiger partial charge in [0.25, 0.3) is 0 Å². The lowest BCUT2D eigenvalue weighted by molar-refractivity contribution is -0.109. The summed E-state index contributed by atoms with van der Waals surface area (Å²) in [4.78, 5) is 12.0. The Kier molecular flexibility index (Phi) is 1.87. The van der Waals surface area contributed by atoms with Gasteiger partial charge in [0.15, 0.2) is 0 Å². The normalized spacial score (nSPS) is 18.1. The number of nitrogens with one attached hydrogen (secondary N) is 1. The van der Waals surface area contributed by atoms with Crippen molar-refractivity contribution in [1.82, 2.24) is 0 Å². The molecule has 3 rings (SSSR count). The summed E-state index contributed by atoms with van der Waals surface area (Å²) in [7, 11) is 0.